The molecule has 0 unspecified atom stereocenters. The van der Waals surface area contributed by atoms with E-state index in [0.29, 0.717) is 4.90 Å². The quantitative estimate of drug-likeness (QED) is 0.787. The van der Waals surface area contributed by atoms with Gasteiger partial charge in [-0.05, 0) is 37.1 Å². The van der Waals surface area contributed by atoms with Gasteiger partial charge in [0.1, 0.15) is 6.29 Å². The van der Waals surface area contributed by atoms with Gasteiger partial charge in [-0.2, -0.15) is 0 Å². The summed E-state index contributed by atoms with van der Waals surface area (Å²) in [6, 6.07) is 6.93. The molecular weight excluding hydrogens is 276 g/mol. The summed E-state index contributed by atoms with van der Waals surface area (Å²) in [5, 5.41) is 0. The summed E-state index contributed by atoms with van der Waals surface area (Å²) in [6.45, 7) is 1.67. The molecule has 0 amide bonds. The first-order valence-corrected chi connectivity index (χ1v) is 8.12. The monoisotopic (exact) mass is 296 g/mol. The van der Waals surface area contributed by atoms with Gasteiger partial charge in [0.25, 0.3) is 0 Å². The molecule has 2 rings (SSSR count). The van der Waals surface area contributed by atoms with Crippen molar-refractivity contribution in [2.24, 2.45) is 5.92 Å². The summed E-state index contributed by atoms with van der Waals surface area (Å²) in [5.41, 5.74) is 1.01. The second kappa shape index (κ2) is 5.93. The fourth-order valence-electron chi connectivity index (χ4n) is 2.33. The average molecular weight is 296 g/mol. The van der Waals surface area contributed by atoms with Crippen molar-refractivity contribution in [2.45, 2.75) is 17.7 Å². The van der Waals surface area contributed by atoms with Gasteiger partial charge in [0.2, 0.25) is 10.0 Å². The van der Waals surface area contributed by atoms with Gasteiger partial charge in [-0.25, -0.2) is 12.7 Å². The molecule has 1 aliphatic heterocycles. The van der Waals surface area contributed by atoms with Crippen molar-refractivity contribution >= 4 is 22.0 Å². The summed E-state index contributed by atoms with van der Waals surface area (Å²) in [6.07, 6.45) is 2.76. The van der Waals surface area contributed by atoms with Gasteiger partial charge in [-0.3, -0.25) is 0 Å². The molecule has 0 radical (unpaired) electrons. The van der Waals surface area contributed by atoms with Crippen LogP contribution in [0, 0.1) is 5.92 Å². The number of benzene rings is 1. The smallest absolute Gasteiger partial charge is 0.242 e. The van der Waals surface area contributed by atoms with E-state index in [2.05, 4.69) is 4.90 Å². The molecule has 1 aliphatic rings. The molecule has 0 atom stereocenters. The van der Waals surface area contributed by atoms with E-state index in [1.54, 1.807) is 12.1 Å². The van der Waals surface area contributed by atoms with Crippen LogP contribution in [0.15, 0.2) is 29.2 Å². The number of sulfonamides is 1. The van der Waals surface area contributed by atoms with Gasteiger partial charge in [-0.1, -0.05) is 0 Å². The predicted octanol–water partition coefficient (Wildman–Crippen LogP) is 1.35. The van der Waals surface area contributed by atoms with Crippen LogP contribution in [0.3, 0.4) is 0 Å². The molecule has 1 fully saturated rings. The van der Waals surface area contributed by atoms with E-state index in [0.717, 1.165) is 37.9 Å². The zero-order valence-corrected chi connectivity index (χ0v) is 12.6. The number of carbonyl (C=O) groups excluding carboxylic acids is 1. The van der Waals surface area contributed by atoms with Gasteiger partial charge in [-0.15, -0.1) is 0 Å². The molecule has 6 heteroatoms. The van der Waals surface area contributed by atoms with Crippen molar-refractivity contribution in [3.8, 4) is 0 Å². The molecule has 20 heavy (non-hydrogen) atoms. The highest BCUT2D eigenvalue weighted by Gasteiger charge is 2.20. The topological polar surface area (TPSA) is 57.7 Å². The largest absolute Gasteiger partial charge is 0.371 e. The molecule has 0 bridgehead atoms. The Morgan fingerprint density at radius 1 is 1.15 bits per heavy atom. The lowest BCUT2D eigenvalue weighted by molar-refractivity contribution is -0.111. The lowest BCUT2D eigenvalue weighted by atomic mass is 9.98. The van der Waals surface area contributed by atoms with Crippen LogP contribution in [0.1, 0.15) is 12.8 Å². The minimum Gasteiger partial charge on any atom is -0.371 e. The zero-order valence-electron chi connectivity index (χ0n) is 11.8. The number of anilines is 1. The number of aldehydes is 1. The molecule has 5 nitrogen and oxygen atoms in total. The summed E-state index contributed by atoms with van der Waals surface area (Å²) in [7, 11) is -0.326. The molecule has 1 aromatic rings. The van der Waals surface area contributed by atoms with Crippen molar-refractivity contribution in [1.29, 1.82) is 0 Å². The molecule has 0 aliphatic carbocycles. The van der Waals surface area contributed by atoms with Crippen molar-refractivity contribution < 1.29 is 13.2 Å². The molecule has 0 aromatic heterocycles. The molecule has 1 heterocycles. The minimum absolute atomic E-state index is 0.166. The van der Waals surface area contributed by atoms with Gasteiger partial charge in [0, 0.05) is 38.8 Å². The minimum atomic E-state index is -3.37. The first kappa shape index (κ1) is 15.0. The van der Waals surface area contributed by atoms with E-state index in [9.17, 15) is 13.2 Å². The summed E-state index contributed by atoms with van der Waals surface area (Å²) in [4.78, 5) is 13.2. The molecule has 110 valence electrons. The maximum Gasteiger partial charge on any atom is 0.242 e. The number of piperidine rings is 1. The Bertz CT molecular complexity index is 559. The highest BCUT2D eigenvalue weighted by atomic mass is 32.2. The van der Waals surface area contributed by atoms with Crippen molar-refractivity contribution in [2.75, 3.05) is 32.1 Å². The lowest BCUT2D eigenvalue weighted by Gasteiger charge is -2.31. The Balaban J connectivity index is 2.12. The Morgan fingerprint density at radius 2 is 1.70 bits per heavy atom. The summed E-state index contributed by atoms with van der Waals surface area (Å²) < 4.78 is 25.2. The fourth-order valence-corrected chi connectivity index (χ4v) is 3.24. The standard InChI is InChI=1S/C14H20N2O3S/c1-15(2)20(18,19)14-5-3-13(4-6-14)16-9-7-12(11-17)8-10-16/h3-6,11-12H,7-10H2,1-2H3. The van der Waals surface area contributed by atoms with Gasteiger partial charge in [0.05, 0.1) is 4.90 Å². The Kier molecular flexibility index (Phi) is 4.45. The predicted molar refractivity (Wildman–Crippen MR) is 78.3 cm³/mol. The number of hydrogen-bond donors (Lipinski definition) is 0. The normalized spacial score (nSPS) is 17.4. The fraction of sp³-hybridized carbons (Fsp3) is 0.500. The third-order valence-corrected chi connectivity index (χ3v) is 5.54. The first-order chi connectivity index (χ1) is 9.45. The van der Waals surface area contributed by atoms with Crippen molar-refractivity contribution in [1.82, 2.24) is 4.31 Å². The van der Waals surface area contributed by atoms with Crippen LogP contribution >= 0.6 is 0 Å². The maximum atomic E-state index is 12.0. The van der Waals surface area contributed by atoms with Crippen LogP contribution in [-0.2, 0) is 14.8 Å². The number of hydrogen-bond acceptors (Lipinski definition) is 4. The van der Waals surface area contributed by atoms with Crippen LogP contribution in [0.2, 0.25) is 0 Å². The van der Waals surface area contributed by atoms with E-state index in [-0.39, 0.29) is 5.92 Å². The van der Waals surface area contributed by atoms with Crippen LogP contribution in [-0.4, -0.2) is 46.2 Å². The summed E-state index contributed by atoms with van der Waals surface area (Å²) in [5.74, 6) is 0.166. The molecule has 0 N–H and O–H groups in total. The number of nitrogens with zero attached hydrogens (tertiary/aromatic N) is 2. The average Bonchev–Trinajstić information content (AvgIpc) is 2.47. The van der Waals surface area contributed by atoms with E-state index in [1.807, 2.05) is 12.1 Å². The molecule has 1 saturated heterocycles. The lowest BCUT2D eigenvalue weighted by Crippen LogP contribution is -2.34. The Morgan fingerprint density at radius 3 is 2.15 bits per heavy atom. The van der Waals surface area contributed by atoms with Crippen LogP contribution in [0.5, 0.6) is 0 Å². The molecular formula is C14H20N2O3S. The third-order valence-electron chi connectivity index (χ3n) is 3.71. The highest BCUT2D eigenvalue weighted by molar-refractivity contribution is 7.89. The first-order valence-electron chi connectivity index (χ1n) is 6.68. The van der Waals surface area contributed by atoms with Crippen LogP contribution < -0.4 is 4.90 Å². The van der Waals surface area contributed by atoms with E-state index in [1.165, 1.54) is 18.4 Å². The van der Waals surface area contributed by atoms with E-state index >= 15 is 0 Å². The van der Waals surface area contributed by atoms with Crippen LogP contribution in [0.25, 0.3) is 0 Å². The second-order valence-corrected chi connectivity index (χ2v) is 7.39. The highest BCUT2D eigenvalue weighted by Crippen LogP contribution is 2.24. The summed E-state index contributed by atoms with van der Waals surface area (Å²) >= 11 is 0. The van der Waals surface area contributed by atoms with Crippen molar-refractivity contribution in [3.05, 3.63) is 24.3 Å². The third kappa shape index (κ3) is 3.02. The Hall–Kier alpha value is -1.40. The van der Waals surface area contributed by atoms with E-state index in [4.69, 9.17) is 0 Å². The molecule has 0 spiro atoms. The van der Waals surface area contributed by atoms with Gasteiger partial charge in [0.15, 0.2) is 0 Å². The molecule has 0 saturated carbocycles. The zero-order chi connectivity index (χ0) is 14.8. The second-order valence-electron chi connectivity index (χ2n) is 5.24. The van der Waals surface area contributed by atoms with Gasteiger partial charge >= 0.3 is 0 Å². The number of carbonyl (C=O) groups is 1. The Labute approximate surface area is 120 Å². The number of rotatable bonds is 4. The van der Waals surface area contributed by atoms with Gasteiger partial charge < -0.3 is 9.69 Å². The van der Waals surface area contributed by atoms with Crippen LogP contribution in [0.4, 0.5) is 5.69 Å². The SMILES string of the molecule is CN(C)S(=O)(=O)c1ccc(N2CCC(C=O)CC2)cc1. The maximum absolute atomic E-state index is 12.0. The van der Waals surface area contributed by atoms with Crippen molar-refractivity contribution in [3.63, 3.8) is 0 Å². The molecule has 1 aromatic carbocycles. The van der Waals surface area contributed by atoms with E-state index < -0.39 is 10.0 Å².